The highest BCUT2D eigenvalue weighted by molar-refractivity contribution is 5.56. The van der Waals surface area contributed by atoms with Gasteiger partial charge in [-0.05, 0) is 36.0 Å². The zero-order valence-electron chi connectivity index (χ0n) is 13.3. The number of methoxy groups -OCH3 is 1. The molecule has 1 aliphatic rings. The maximum absolute atomic E-state index is 5.29. The van der Waals surface area contributed by atoms with Gasteiger partial charge in [0.2, 0.25) is 0 Å². The number of hydrogen-bond donors (Lipinski definition) is 1. The Balaban J connectivity index is 2.00. The molecule has 0 aliphatic carbocycles. The molecule has 1 aliphatic heterocycles. The zero-order valence-corrected chi connectivity index (χ0v) is 13.3. The topological polar surface area (TPSA) is 24.5 Å². The van der Waals surface area contributed by atoms with Crippen LogP contribution in [0.1, 0.15) is 31.4 Å². The van der Waals surface area contributed by atoms with Crippen LogP contribution in [0.2, 0.25) is 0 Å². The van der Waals surface area contributed by atoms with E-state index in [1.54, 1.807) is 7.11 Å². The van der Waals surface area contributed by atoms with E-state index in [0.29, 0.717) is 12.0 Å². The van der Waals surface area contributed by atoms with Gasteiger partial charge in [0.25, 0.3) is 0 Å². The van der Waals surface area contributed by atoms with Gasteiger partial charge in [0.1, 0.15) is 0 Å². The normalized spacial score (nSPS) is 16.4. The van der Waals surface area contributed by atoms with E-state index in [1.807, 2.05) is 0 Å². The Morgan fingerprint density at radius 3 is 2.85 bits per heavy atom. The standard InChI is InChI=1S/C17H28N2O/c1-13(2)16(12-20-4)18-11-14-7-8-17-15(10-14)6-5-9-19(17)3/h7-8,10,13,16,18H,5-6,9,11-12H2,1-4H3. The van der Waals surface area contributed by atoms with Gasteiger partial charge in [0, 0.05) is 39.0 Å². The van der Waals surface area contributed by atoms with Crippen molar-refractivity contribution in [2.24, 2.45) is 5.92 Å². The summed E-state index contributed by atoms with van der Waals surface area (Å²) in [5, 5.41) is 3.62. The number of nitrogens with zero attached hydrogens (tertiary/aromatic N) is 1. The highest BCUT2D eigenvalue weighted by Crippen LogP contribution is 2.26. The fraction of sp³-hybridized carbons (Fsp3) is 0.647. The van der Waals surface area contributed by atoms with Crippen molar-refractivity contribution in [3.8, 4) is 0 Å². The van der Waals surface area contributed by atoms with E-state index in [1.165, 1.54) is 36.2 Å². The average molecular weight is 276 g/mol. The van der Waals surface area contributed by atoms with Crippen LogP contribution in [-0.2, 0) is 17.7 Å². The molecule has 1 aromatic rings. The van der Waals surface area contributed by atoms with Crippen LogP contribution in [-0.4, -0.2) is 33.4 Å². The molecule has 0 spiro atoms. The highest BCUT2D eigenvalue weighted by Gasteiger charge is 2.15. The van der Waals surface area contributed by atoms with Crippen molar-refractivity contribution >= 4 is 5.69 Å². The number of aryl methyl sites for hydroxylation is 1. The lowest BCUT2D eigenvalue weighted by Crippen LogP contribution is -2.37. The fourth-order valence-corrected chi connectivity index (χ4v) is 2.86. The first-order valence-corrected chi connectivity index (χ1v) is 7.67. The Morgan fingerprint density at radius 1 is 1.35 bits per heavy atom. The second-order valence-electron chi connectivity index (χ2n) is 6.17. The summed E-state index contributed by atoms with van der Waals surface area (Å²) in [6.07, 6.45) is 2.47. The smallest absolute Gasteiger partial charge is 0.0618 e. The van der Waals surface area contributed by atoms with Gasteiger partial charge < -0.3 is 15.0 Å². The van der Waals surface area contributed by atoms with E-state index in [2.05, 4.69) is 49.3 Å². The molecule has 3 nitrogen and oxygen atoms in total. The molecule has 1 heterocycles. The number of nitrogens with one attached hydrogen (secondary N) is 1. The predicted molar refractivity (Wildman–Crippen MR) is 85.4 cm³/mol. The monoisotopic (exact) mass is 276 g/mol. The van der Waals surface area contributed by atoms with Gasteiger partial charge in [-0.15, -0.1) is 0 Å². The number of rotatable bonds is 6. The Labute approximate surface area is 123 Å². The number of ether oxygens (including phenoxy) is 1. The first-order valence-electron chi connectivity index (χ1n) is 7.67. The average Bonchev–Trinajstić information content (AvgIpc) is 2.43. The minimum atomic E-state index is 0.415. The number of anilines is 1. The molecule has 1 atom stereocenters. The number of benzene rings is 1. The van der Waals surface area contributed by atoms with Crippen molar-refractivity contribution in [3.63, 3.8) is 0 Å². The maximum Gasteiger partial charge on any atom is 0.0618 e. The van der Waals surface area contributed by atoms with Gasteiger partial charge >= 0.3 is 0 Å². The Morgan fingerprint density at radius 2 is 2.15 bits per heavy atom. The first-order chi connectivity index (χ1) is 9.61. The van der Waals surface area contributed by atoms with E-state index in [9.17, 15) is 0 Å². The third-order valence-electron chi connectivity index (χ3n) is 4.21. The van der Waals surface area contributed by atoms with Gasteiger partial charge in [-0.3, -0.25) is 0 Å². The molecule has 20 heavy (non-hydrogen) atoms. The van der Waals surface area contributed by atoms with E-state index >= 15 is 0 Å². The molecule has 1 aromatic carbocycles. The molecule has 0 amide bonds. The molecular weight excluding hydrogens is 248 g/mol. The molecule has 0 aromatic heterocycles. The Hall–Kier alpha value is -1.06. The summed E-state index contributed by atoms with van der Waals surface area (Å²) in [6.45, 7) is 7.33. The van der Waals surface area contributed by atoms with Crippen molar-refractivity contribution in [1.82, 2.24) is 5.32 Å². The molecule has 0 bridgehead atoms. The lowest BCUT2D eigenvalue weighted by Gasteiger charge is -2.28. The minimum absolute atomic E-state index is 0.415. The van der Waals surface area contributed by atoms with Crippen LogP contribution in [0.15, 0.2) is 18.2 Å². The summed E-state index contributed by atoms with van der Waals surface area (Å²) in [6, 6.07) is 7.30. The van der Waals surface area contributed by atoms with Crippen LogP contribution in [0.4, 0.5) is 5.69 Å². The number of hydrogen-bond acceptors (Lipinski definition) is 3. The van der Waals surface area contributed by atoms with Crippen LogP contribution in [0, 0.1) is 5.92 Å². The second-order valence-corrected chi connectivity index (χ2v) is 6.17. The van der Waals surface area contributed by atoms with Crippen molar-refractivity contribution in [2.75, 3.05) is 32.2 Å². The van der Waals surface area contributed by atoms with Crippen LogP contribution < -0.4 is 10.2 Å². The van der Waals surface area contributed by atoms with Crippen molar-refractivity contribution in [3.05, 3.63) is 29.3 Å². The lowest BCUT2D eigenvalue weighted by atomic mass is 9.99. The molecule has 1 N–H and O–H groups in total. The van der Waals surface area contributed by atoms with Crippen LogP contribution in [0.5, 0.6) is 0 Å². The van der Waals surface area contributed by atoms with Gasteiger partial charge in [0.15, 0.2) is 0 Å². The fourth-order valence-electron chi connectivity index (χ4n) is 2.86. The van der Waals surface area contributed by atoms with Gasteiger partial charge in [-0.1, -0.05) is 26.0 Å². The summed E-state index contributed by atoms with van der Waals surface area (Å²) in [4.78, 5) is 2.36. The highest BCUT2D eigenvalue weighted by atomic mass is 16.5. The molecule has 0 radical (unpaired) electrons. The second kappa shape index (κ2) is 7.09. The van der Waals surface area contributed by atoms with Gasteiger partial charge in [-0.2, -0.15) is 0 Å². The molecule has 0 saturated carbocycles. The summed E-state index contributed by atoms with van der Waals surface area (Å²) in [7, 11) is 3.95. The minimum Gasteiger partial charge on any atom is -0.383 e. The van der Waals surface area contributed by atoms with E-state index in [-0.39, 0.29) is 0 Å². The first kappa shape index (κ1) is 15.3. The summed E-state index contributed by atoms with van der Waals surface area (Å²) < 4.78 is 5.29. The molecule has 2 rings (SSSR count). The van der Waals surface area contributed by atoms with Crippen molar-refractivity contribution in [1.29, 1.82) is 0 Å². The van der Waals surface area contributed by atoms with E-state index in [0.717, 1.165) is 13.2 Å². The summed E-state index contributed by atoms with van der Waals surface area (Å²) in [5.74, 6) is 0.582. The largest absolute Gasteiger partial charge is 0.383 e. The van der Waals surface area contributed by atoms with E-state index < -0.39 is 0 Å². The molecular formula is C17H28N2O. The molecule has 0 fully saturated rings. The third-order valence-corrected chi connectivity index (χ3v) is 4.21. The van der Waals surface area contributed by atoms with Crippen LogP contribution in [0.25, 0.3) is 0 Å². The Bertz CT molecular complexity index is 431. The molecule has 0 saturated heterocycles. The molecule has 112 valence electrons. The number of fused-ring (bicyclic) bond motifs is 1. The van der Waals surface area contributed by atoms with Gasteiger partial charge in [-0.25, -0.2) is 0 Å². The SMILES string of the molecule is COCC(NCc1ccc2c(c1)CCCN2C)C(C)C. The molecule has 3 heteroatoms. The Kier molecular flexibility index (Phi) is 5.44. The molecule has 1 unspecified atom stereocenters. The van der Waals surface area contributed by atoms with Crippen LogP contribution in [0.3, 0.4) is 0 Å². The summed E-state index contributed by atoms with van der Waals surface area (Å²) in [5.41, 5.74) is 4.27. The van der Waals surface area contributed by atoms with Crippen LogP contribution >= 0.6 is 0 Å². The predicted octanol–water partition coefficient (Wildman–Crippen LogP) is 2.83. The van der Waals surface area contributed by atoms with Crippen molar-refractivity contribution < 1.29 is 4.74 Å². The lowest BCUT2D eigenvalue weighted by molar-refractivity contribution is 0.146. The van der Waals surface area contributed by atoms with Gasteiger partial charge in [0.05, 0.1) is 6.61 Å². The summed E-state index contributed by atoms with van der Waals surface area (Å²) >= 11 is 0. The maximum atomic E-state index is 5.29. The third kappa shape index (κ3) is 3.74. The van der Waals surface area contributed by atoms with E-state index in [4.69, 9.17) is 4.74 Å². The quantitative estimate of drug-likeness (QED) is 0.864. The zero-order chi connectivity index (χ0) is 14.5. The van der Waals surface area contributed by atoms with Crippen molar-refractivity contribution in [2.45, 2.75) is 39.3 Å².